The first kappa shape index (κ1) is 15.2. The van der Waals surface area contributed by atoms with E-state index in [0.717, 1.165) is 14.4 Å². The second-order valence-electron chi connectivity index (χ2n) is 4.88. The van der Waals surface area contributed by atoms with Gasteiger partial charge in [-0.1, -0.05) is 34.1 Å². The number of para-hydroxylation sites is 1. The zero-order valence-corrected chi connectivity index (χ0v) is 13.5. The highest BCUT2D eigenvalue weighted by atomic mass is 79.9. The summed E-state index contributed by atoms with van der Waals surface area (Å²) >= 11 is 3.29. The van der Waals surface area contributed by atoms with Crippen molar-refractivity contribution in [1.29, 1.82) is 0 Å². The largest absolute Gasteiger partial charge is 0.350 e. The van der Waals surface area contributed by atoms with Gasteiger partial charge in [0.15, 0.2) is 0 Å². The van der Waals surface area contributed by atoms with Crippen LogP contribution in [0.1, 0.15) is 10.4 Å². The Labute approximate surface area is 140 Å². The predicted molar refractivity (Wildman–Crippen MR) is 87.6 cm³/mol. The topological polar surface area (TPSA) is 69.7 Å². The van der Waals surface area contributed by atoms with Gasteiger partial charge in [-0.25, -0.2) is 14.7 Å². The van der Waals surface area contributed by atoms with Crippen molar-refractivity contribution in [2.45, 2.75) is 0 Å². The minimum Gasteiger partial charge on any atom is -0.272 e. The van der Waals surface area contributed by atoms with Crippen molar-refractivity contribution in [2.24, 2.45) is 0 Å². The Morgan fingerprint density at radius 1 is 1.00 bits per heavy atom. The second-order valence-corrected chi connectivity index (χ2v) is 5.80. The van der Waals surface area contributed by atoms with Crippen LogP contribution in [0.4, 0.5) is 10.5 Å². The van der Waals surface area contributed by atoms with Gasteiger partial charge in [0.1, 0.15) is 6.54 Å². The molecule has 1 fully saturated rings. The number of amides is 4. The number of carbonyl (C=O) groups is 3. The lowest BCUT2D eigenvalue weighted by atomic mass is 10.2. The molecule has 0 bridgehead atoms. The first-order valence-electron chi connectivity index (χ1n) is 6.82. The van der Waals surface area contributed by atoms with E-state index < -0.39 is 17.8 Å². The van der Waals surface area contributed by atoms with E-state index in [0.29, 0.717) is 11.3 Å². The Morgan fingerprint density at radius 3 is 2.30 bits per heavy atom. The number of nitrogens with one attached hydrogen (secondary N) is 1. The molecule has 1 N–H and O–H groups in total. The third-order valence-corrected chi connectivity index (χ3v) is 3.85. The third kappa shape index (κ3) is 3.09. The molecular formula is C16H12BrN3O3. The summed E-state index contributed by atoms with van der Waals surface area (Å²) in [5.74, 6) is -0.842. The summed E-state index contributed by atoms with van der Waals surface area (Å²) in [6.07, 6.45) is 0. The Hall–Kier alpha value is -2.67. The first-order chi connectivity index (χ1) is 11.1. The monoisotopic (exact) mass is 373 g/mol. The zero-order chi connectivity index (χ0) is 16.4. The van der Waals surface area contributed by atoms with E-state index in [-0.39, 0.29) is 6.54 Å². The van der Waals surface area contributed by atoms with E-state index in [4.69, 9.17) is 0 Å². The van der Waals surface area contributed by atoms with Crippen LogP contribution in [0, 0.1) is 0 Å². The van der Waals surface area contributed by atoms with Crippen LogP contribution in [0.3, 0.4) is 0 Å². The fourth-order valence-electron chi connectivity index (χ4n) is 2.21. The minimum atomic E-state index is -0.577. The van der Waals surface area contributed by atoms with Crippen molar-refractivity contribution in [3.63, 3.8) is 0 Å². The molecule has 2 aromatic carbocycles. The third-order valence-electron chi connectivity index (χ3n) is 3.32. The van der Waals surface area contributed by atoms with Crippen LogP contribution < -0.4 is 10.3 Å². The number of halogens is 1. The Morgan fingerprint density at radius 2 is 1.65 bits per heavy atom. The van der Waals surface area contributed by atoms with Gasteiger partial charge in [0.2, 0.25) is 0 Å². The van der Waals surface area contributed by atoms with Crippen molar-refractivity contribution >= 4 is 39.5 Å². The van der Waals surface area contributed by atoms with E-state index in [1.807, 2.05) is 0 Å². The van der Waals surface area contributed by atoms with Gasteiger partial charge in [0.25, 0.3) is 11.8 Å². The van der Waals surface area contributed by atoms with E-state index in [2.05, 4.69) is 21.4 Å². The molecule has 2 aromatic rings. The molecule has 1 saturated heterocycles. The number of hydrazine groups is 1. The summed E-state index contributed by atoms with van der Waals surface area (Å²) in [6, 6.07) is 14.7. The molecule has 0 aromatic heterocycles. The number of urea groups is 1. The molecule has 0 saturated carbocycles. The Bertz CT molecular complexity index is 762. The number of carbonyl (C=O) groups excluding carboxylic acids is 3. The van der Waals surface area contributed by atoms with Gasteiger partial charge in [0, 0.05) is 10.0 Å². The van der Waals surface area contributed by atoms with Gasteiger partial charge in [-0.15, -0.1) is 0 Å². The summed E-state index contributed by atoms with van der Waals surface area (Å²) < 4.78 is 0.844. The van der Waals surface area contributed by atoms with Crippen LogP contribution in [-0.2, 0) is 4.79 Å². The Balaban J connectivity index is 1.75. The fraction of sp³-hybridized carbons (Fsp3) is 0.0625. The van der Waals surface area contributed by atoms with E-state index >= 15 is 0 Å². The van der Waals surface area contributed by atoms with E-state index in [1.165, 1.54) is 0 Å². The molecule has 0 unspecified atom stereocenters. The van der Waals surface area contributed by atoms with Crippen LogP contribution in [0.25, 0.3) is 0 Å². The van der Waals surface area contributed by atoms with Crippen LogP contribution in [-0.4, -0.2) is 29.4 Å². The lowest BCUT2D eigenvalue weighted by Crippen LogP contribution is -2.45. The molecular weight excluding hydrogens is 362 g/mol. The highest BCUT2D eigenvalue weighted by Gasteiger charge is 2.38. The SMILES string of the molecule is O=C(NN1CC(=O)N(c2ccccc2)C1=O)c1ccc(Br)cc1. The van der Waals surface area contributed by atoms with Gasteiger partial charge < -0.3 is 0 Å². The average molecular weight is 374 g/mol. The number of hydrogen-bond acceptors (Lipinski definition) is 3. The maximum Gasteiger partial charge on any atom is 0.350 e. The molecule has 3 rings (SSSR count). The van der Waals surface area contributed by atoms with Gasteiger partial charge in [-0.05, 0) is 36.4 Å². The van der Waals surface area contributed by atoms with Crippen molar-refractivity contribution in [1.82, 2.24) is 10.4 Å². The van der Waals surface area contributed by atoms with Gasteiger partial charge in [0.05, 0.1) is 5.69 Å². The normalized spacial score (nSPS) is 14.3. The molecule has 7 heteroatoms. The molecule has 1 aliphatic rings. The van der Waals surface area contributed by atoms with Crippen molar-refractivity contribution in [3.05, 3.63) is 64.6 Å². The molecule has 1 heterocycles. The average Bonchev–Trinajstić information content (AvgIpc) is 2.82. The lowest BCUT2D eigenvalue weighted by molar-refractivity contribution is -0.116. The smallest absolute Gasteiger partial charge is 0.272 e. The molecule has 0 spiro atoms. The zero-order valence-electron chi connectivity index (χ0n) is 11.9. The highest BCUT2D eigenvalue weighted by molar-refractivity contribution is 9.10. The quantitative estimate of drug-likeness (QED) is 0.840. The van der Waals surface area contributed by atoms with Gasteiger partial charge >= 0.3 is 6.03 Å². The maximum atomic E-state index is 12.3. The Kier molecular flexibility index (Phi) is 4.12. The number of rotatable bonds is 3. The van der Waals surface area contributed by atoms with Gasteiger partial charge in [-0.2, -0.15) is 0 Å². The lowest BCUT2D eigenvalue weighted by Gasteiger charge is -2.17. The number of hydrogen-bond donors (Lipinski definition) is 1. The molecule has 6 nitrogen and oxygen atoms in total. The van der Waals surface area contributed by atoms with Crippen molar-refractivity contribution in [3.8, 4) is 0 Å². The van der Waals surface area contributed by atoms with Crippen molar-refractivity contribution in [2.75, 3.05) is 11.4 Å². The second kappa shape index (κ2) is 6.21. The van der Waals surface area contributed by atoms with Crippen LogP contribution in [0.15, 0.2) is 59.1 Å². The summed E-state index contributed by atoms with van der Waals surface area (Å²) in [4.78, 5) is 37.6. The summed E-state index contributed by atoms with van der Waals surface area (Å²) in [5.41, 5.74) is 3.33. The maximum absolute atomic E-state index is 12.3. The van der Waals surface area contributed by atoms with Crippen LogP contribution >= 0.6 is 15.9 Å². The van der Waals surface area contributed by atoms with Crippen molar-refractivity contribution < 1.29 is 14.4 Å². The van der Waals surface area contributed by atoms with Crippen LogP contribution in [0.5, 0.6) is 0 Å². The predicted octanol–water partition coefficient (Wildman–Crippen LogP) is 2.56. The number of imide groups is 1. The number of nitrogens with zero attached hydrogens (tertiary/aromatic N) is 2. The number of benzene rings is 2. The standard InChI is InChI=1S/C16H12BrN3O3/c17-12-8-6-11(7-9-12)15(22)18-19-10-14(21)20(16(19)23)13-4-2-1-3-5-13/h1-9H,10H2,(H,18,22). The first-order valence-corrected chi connectivity index (χ1v) is 7.61. The molecule has 0 radical (unpaired) electrons. The molecule has 4 amide bonds. The van der Waals surface area contributed by atoms with E-state index in [9.17, 15) is 14.4 Å². The summed E-state index contributed by atoms with van der Waals surface area (Å²) in [5, 5.41) is 1.01. The number of anilines is 1. The minimum absolute atomic E-state index is 0.198. The molecule has 1 aliphatic heterocycles. The molecule has 116 valence electrons. The molecule has 23 heavy (non-hydrogen) atoms. The van der Waals surface area contributed by atoms with E-state index in [1.54, 1.807) is 54.6 Å². The summed E-state index contributed by atoms with van der Waals surface area (Å²) in [6.45, 7) is -0.198. The van der Waals surface area contributed by atoms with Gasteiger partial charge in [-0.3, -0.25) is 15.0 Å². The highest BCUT2D eigenvalue weighted by Crippen LogP contribution is 2.20. The fourth-order valence-corrected chi connectivity index (χ4v) is 2.47. The molecule has 0 aliphatic carbocycles. The van der Waals surface area contributed by atoms with Crippen LogP contribution in [0.2, 0.25) is 0 Å². The summed E-state index contributed by atoms with van der Waals surface area (Å²) in [7, 11) is 0. The molecule has 0 atom stereocenters.